The van der Waals surface area contributed by atoms with Crippen molar-refractivity contribution in [2.24, 2.45) is 0 Å². The van der Waals surface area contributed by atoms with Crippen LogP contribution >= 0.6 is 15.9 Å². The summed E-state index contributed by atoms with van der Waals surface area (Å²) in [5.74, 6) is 0.0674. The van der Waals surface area contributed by atoms with Crippen LogP contribution in [-0.4, -0.2) is 22.4 Å². The average molecular weight is 289 g/mol. The zero-order valence-electron chi connectivity index (χ0n) is 10.0. The number of ether oxygens (including phenoxy) is 1. The van der Waals surface area contributed by atoms with Gasteiger partial charge in [-0.1, -0.05) is 13.8 Å². The molecule has 1 aromatic rings. The van der Waals surface area contributed by atoms with Crippen LogP contribution in [0.15, 0.2) is 10.7 Å². The third-order valence-corrected chi connectivity index (χ3v) is 2.90. The van der Waals surface area contributed by atoms with Gasteiger partial charge in [-0.15, -0.1) is 0 Å². The van der Waals surface area contributed by atoms with Crippen LogP contribution in [0.1, 0.15) is 45.3 Å². The Labute approximate surface area is 104 Å². The minimum absolute atomic E-state index is 0.257. The van der Waals surface area contributed by atoms with Crippen molar-refractivity contribution in [2.75, 3.05) is 6.61 Å². The van der Waals surface area contributed by atoms with Crippen LogP contribution < -0.4 is 0 Å². The zero-order valence-corrected chi connectivity index (χ0v) is 11.6. The fourth-order valence-corrected chi connectivity index (χ4v) is 2.09. The first kappa shape index (κ1) is 13.2. The number of carbonyl (C=O) groups is 1. The summed E-state index contributed by atoms with van der Waals surface area (Å²) in [7, 11) is 0. The van der Waals surface area contributed by atoms with E-state index in [0.717, 1.165) is 10.2 Å². The second-order valence-electron chi connectivity index (χ2n) is 3.93. The van der Waals surface area contributed by atoms with E-state index in [-0.39, 0.29) is 12.0 Å². The first-order valence-electron chi connectivity index (χ1n) is 5.38. The summed E-state index contributed by atoms with van der Waals surface area (Å²) in [5.41, 5.74) is 0.955. The monoisotopic (exact) mass is 288 g/mol. The molecule has 0 bridgehead atoms. The molecule has 90 valence electrons. The molecule has 1 unspecified atom stereocenters. The maximum absolute atomic E-state index is 11.5. The number of nitrogens with zero attached hydrogens (tertiary/aromatic N) is 2. The summed E-state index contributed by atoms with van der Waals surface area (Å²) in [4.78, 5) is 11.5. The molecule has 0 saturated heterocycles. The number of aromatic nitrogens is 2. The van der Waals surface area contributed by atoms with Crippen molar-refractivity contribution >= 4 is 21.9 Å². The van der Waals surface area contributed by atoms with Crippen molar-refractivity contribution in [1.82, 2.24) is 9.78 Å². The van der Waals surface area contributed by atoms with Crippen molar-refractivity contribution in [2.45, 2.75) is 39.7 Å². The smallest absolute Gasteiger partial charge is 0.330 e. The normalized spacial score (nSPS) is 12.9. The predicted molar refractivity (Wildman–Crippen MR) is 65.4 cm³/mol. The van der Waals surface area contributed by atoms with Gasteiger partial charge in [0.15, 0.2) is 0 Å². The van der Waals surface area contributed by atoms with Gasteiger partial charge in [0.1, 0.15) is 6.04 Å². The maximum Gasteiger partial charge on any atom is 0.330 e. The van der Waals surface area contributed by atoms with Gasteiger partial charge in [0.2, 0.25) is 0 Å². The van der Waals surface area contributed by atoms with E-state index in [9.17, 15) is 4.79 Å². The Hall–Kier alpha value is -0.840. The molecule has 0 aliphatic carbocycles. The van der Waals surface area contributed by atoms with Gasteiger partial charge in [-0.05, 0) is 35.7 Å². The van der Waals surface area contributed by atoms with Crippen molar-refractivity contribution in [3.63, 3.8) is 0 Å². The SMILES string of the molecule is CCOC(=O)C(C)n1cc(Br)c(C(C)C)n1. The molecule has 0 spiro atoms. The highest BCUT2D eigenvalue weighted by Crippen LogP contribution is 2.24. The van der Waals surface area contributed by atoms with E-state index in [0.29, 0.717) is 12.5 Å². The molecule has 4 nitrogen and oxygen atoms in total. The summed E-state index contributed by atoms with van der Waals surface area (Å²) in [5, 5.41) is 4.38. The van der Waals surface area contributed by atoms with E-state index in [1.54, 1.807) is 18.5 Å². The molecule has 0 aliphatic heterocycles. The number of rotatable bonds is 4. The minimum Gasteiger partial charge on any atom is -0.464 e. The number of hydrogen-bond acceptors (Lipinski definition) is 3. The van der Waals surface area contributed by atoms with E-state index < -0.39 is 0 Å². The van der Waals surface area contributed by atoms with E-state index in [4.69, 9.17) is 4.74 Å². The van der Waals surface area contributed by atoms with Crippen LogP contribution in [0.5, 0.6) is 0 Å². The molecular formula is C11H17BrN2O2. The number of halogens is 1. The molecule has 1 heterocycles. The van der Waals surface area contributed by atoms with E-state index in [1.165, 1.54) is 0 Å². The van der Waals surface area contributed by atoms with Crippen LogP contribution in [0.3, 0.4) is 0 Å². The second kappa shape index (κ2) is 5.48. The van der Waals surface area contributed by atoms with Gasteiger partial charge in [0, 0.05) is 6.20 Å². The third-order valence-electron chi connectivity index (χ3n) is 2.28. The molecule has 5 heteroatoms. The largest absolute Gasteiger partial charge is 0.464 e. The fourth-order valence-electron chi connectivity index (χ4n) is 1.34. The highest BCUT2D eigenvalue weighted by molar-refractivity contribution is 9.10. The number of carbonyl (C=O) groups excluding carboxylic acids is 1. The molecule has 1 rings (SSSR count). The van der Waals surface area contributed by atoms with Gasteiger partial charge in [-0.2, -0.15) is 5.10 Å². The lowest BCUT2D eigenvalue weighted by Crippen LogP contribution is -2.19. The lowest BCUT2D eigenvalue weighted by Gasteiger charge is -2.10. The summed E-state index contributed by atoms with van der Waals surface area (Å²) in [6.07, 6.45) is 1.82. The third kappa shape index (κ3) is 2.84. The quantitative estimate of drug-likeness (QED) is 0.800. The Morgan fingerprint density at radius 1 is 1.56 bits per heavy atom. The van der Waals surface area contributed by atoms with Crippen LogP contribution in [0.4, 0.5) is 0 Å². The Morgan fingerprint density at radius 2 is 2.19 bits per heavy atom. The molecule has 0 N–H and O–H groups in total. The highest BCUT2D eigenvalue weighted by atomic mass is 79.9. The van der Waals surface area contributed by atoms with Crippen LogP contribution in [0.2, 0.25) is 0 Å². The molecule has 0 radical (unpaired) electrons. The van der Waals surface area contributed by atoms with Gasteiger partial charge in [0.05, 0.1) is 16.8 Å². The minimum atomic E-state index is -0.385. The summed E-state index contributed by atoms with van der Waals surface area (Å²) >= 11 is 3.44. The van der Waals surface area contributed by atoms with Crippen LogP contribution in [0.25, 0.3) is 0 Å². The molecule has 1 aromatic heterocycles. The van der Waals surface area contributed by atoms with Gasteiger partial charge < -0.3 is 4.74 Å². The van der Waals surface area contributed by atoms with Gasteiger partial charge in [0.25, 0.3) is 0 Å². The van der Waals surface area contributed by atoms with E-state index >= 15 is 0 Å². The standard InChI is InChI=1S/C11H17BrN2O2/c1-5-16-11(15)8(4)14-6-9(12)10(13-14)7(2)3/h6-8H,5H2,1-4H3. The van der Waals surface area contributed by atoms with Crippen LogP contribution in [-0.2, 0) is 9.53 Å². The molecule has 0 fully saturated rings. The Kier molecular flexibility index (Phi) is 4.53. The Morgan fingerprint density at radius 3 is 2.62 bits per heavy atom. The summed E-state index contributed by atoms with van der Waals surface area (Å²) in [6.45, 7) is 8.09. The van der Waals surface area contributed by atoms with E-state index in [2.05, 4.69) is 34.9 Å². The topological polar surface area (TPSA) is 44.1 Å². The van der Waals surface area contributed by atoms with Gasteiger partial charge in [-0.25, -0.2) is 4.79 Å². The molecular weight excluding hydrogens is 272 g/mol. The van der Waals surface area contributed by atoms with E-state index in [1.807, 2.05) is 6.20 Å². The number of hydrogen-bond donors (Lipinski definition) is 0. The second-order valence-corrected chi connectivity index (χ2v) is 4.78. The lowest BCUT2D eigenvalue weighted by molar-refractivity contribution is -0.146. The molecule has 16 heavy (non-hydrogen) atoms. The van der Waals surface area contributed by atoms with Crippen molar-refractivity contribution < 1.29 is 9.53 Å². The van der Waals surface area contributed by atoms with Crippen LogP contribution in [0, 0.1) is 0 Å². The highest BCUT2D eigenvalue weighted by Gasteiger charge is 2.19. The molecule has 0 saturated carbocycles. The Balaban J connectivity index is 2.88. The molecule has 0 aromatic carbocycles. The fraction of sp³-hybridized carbons (Fsp3) is 0.636. The Bertz CT molecular complexity index is 374. The first-order chi connectivity index (χ1) is 7.47. The number of esters is 1. The molecule has 1 atom stereocenters. The summed E-state index contributed by atoms with van der Waals surface area (Å²) in [6, 6.07) is -0.385. The van der Waals surface area contributed by atoms with Gasteiger partial charge in [-0.3, -0.25) is 4.68 Å². The van der Waals surface area contributed by atoms with Crippen molar-refractivity contribution in [3.05, 3.63) is 16.4 Å². The van der Waals surface area contributed by atoms with Crippen molar-refractivity contribution in [1.29, 1.82) is 0 Å². The predicted octanol–water partition coefficient (Wildman–Crippen LogP) is 2.89. The maximum atomic E-state index is 11.5. The lowest BCUT2D eigenvalue weighted by atomic mass is 10.1. The average Bonchev–Trinajstić information content (AvgIpc) is 2.59. The van der Waals surface area contributed by atoms with Crippen molar-refractivity contribution in [3.8, 4) is 0 Å². The zero-order chi connectivity index (χ0) is 12.3. The summed E-state index contributed by atoms with van der Waals surface area (Å²) < 4.78 is 7.52. The van der Waals surface area contributed by atoms with Gasteiger partial charge >= 0.3 is 5.97 Å². The molecule has 0 amide bonds. The molecule has 0 aliphatic rings. The first-order valence-corrected chi connectivity index (χ1v) is 6.17.